The van der Waals surface area contributed by atoms with Crippen LogP contribution in [-0.2, 0) is 21.4 Å². The number of amides is 2. The molecule has 2 amide bonds. The molecule has 0 radical (unpaired) electrons. The molecule has 0 atom stereocenters. The fourth-order valence-electron chi connectivity index (χ4n) is 3.98. The Labute approximate surface area is 203 Å². The van der Waals surface area contributed by atoms with Crippen molar-refractivity contribution in [3.05, 3.63) is 51.9 Å². The summed E-state index contributed by atoms with van der Waals surface area (Å²) in [4.78, 5) is 29.3. The zero-order valence-electron chi connectivity index (χ0n) is 18.2. The third-order valence-electron chi connectivity index (χ3n) is 5.91. The number of halogens is 1. The highest BCUT2D eigenvalue weighted by Gasteiger charge is 2.31. The second kappa shape index (κ2) is 10.5. The first-order valence-electron chi connectivity index (χ1n) is 11.0. The van der Waals surface area contributed by atoms with Gasteiger partial charge in [-0.25, -0.2) is 8.42 Å². The van der Waals surface area contributed by atoms with Crippen LogP contribution in [0.2, 0.25) is 5.02 Å². The van der Waals surface area contributed by atoms with Crippen LogP contribution in [0.5, 0.6) is 0 Å². The molecule has 178 valence electrons. The summed E-state index contributed by atoms with van der Waals surface area (Å²) < 4.78 is 27.9. The number of sulfonamides is 1. The number of nitrogens with zero attached hydrogens (tertiary/aromatic N) is 3. The van der Waals surface area contributed by atoms with Gasteiger partial charge in [0.05, 0.1) is 13.1 Å². The Bertz CT molecular complexity index is 1090. The summed E-state index contributed by atoms with van der Waals surface area (Å²) in [5, 5.41) is 3.36. The quantitative estimate of drug-likeness (QED) is 0.617. The first-order chi connectivity index (χ1) is 15.8. The number of hydrogen-bond donors (Lipinski definition) is 1. The van der Waals surface area contributed by atoms with Gasteiger partial charge in [0.2, 0.25) is 5.91 Å². The van der Waals surface area contributed by atoms with Gasteiger partial charge in [0.25, 0.3) is 15.9 Å². The Morgan fingerprint density at radius 3 is 2.27 bits per heavy atom. The van der Waals surface area contributed by atoms with E-state index in [1.807, 2.05) is 9.80 Å². The van der Waals surface area contributed by atoms with Gasteiger partial charge in [0.1, 0.15) is 4.21 Å². The van der Waals surface area contributed by atoms with Crippen LogP contribution < -0.4 is 5.32 Å². The normalized spacial score (nSPS) is 17.9. The van der Waals surface area contributed by atoms with E-state index in [2.05, 4.69) is 5.32 Å². The van der Waals surface area contributed by atoms with Crippen molar-refractivity contribution in [2.75, 3.05) is 45.8 Å². The van der Waals surface area contributed by atoms with Crippen LogP contribution in [0.1, 0.15) is 28.1 Å². The standard InChI is InChI=1S/C22H27ClN4O4S2/c23-18-5-3-17(4-6-18)22(29)24-15-19-7-8-21(32-19)33(30,31)27-13-11-25(12-14-27)16-20(28)26-9-1-2-10-26/h3-8H,1-2,9-16H2,(H,24,29). The Balaban J connectivity index is 1.29. The molecular formula is C22H27ClN4O4S2. The van der Waals surface area contributed by atoms with Crippen molar-refractivity contribution in [2.45, 2.75) is 23.6 Å². The molecule has 0 spiro atoms. The monoisotopic (exact) mass is 510 g/mol. The van der Waals surface area contributed by atoms with Crippen LogP contribution in [0.25, 0.3) is 0 Å². The van der Waals surface area contributed by atoms with Crippen molar-refractivity contribution in [1.82, 2.24) is 19.4 Å². The van der Waals surface area contributed by atoms with Gasteiger partial charge in [-0.3, -0.25) is 14.5 Å². The molecule has 0 bridgehead atoms. The van der Waals surface area contributed by atoms with E-state index in [9.17, 15) is 18.0 Å². The average molecular weight is 511 g/mol. The molecule has 0 saturated carbocycles. The maximum absolute atomic E-state index is 13.1. The van der Waals surface area contributed by atoms with E-state index in [-0.39, 0.29) is 22.6 Å². The Morgan fingerprint density at radius 2 is 1.61 bits per heavy atom. The number of hydrogen-bond acceptors (Lipinski definition) is 6. The Morgan fingerprint density at radius 1 is 0.939 bits per heavy atom. The third-order valence-corrected chi connectivity index (χ3v) is 9.61. The zero-order chi connectivity index (χ0) is 23.4. The molecule has 4 rings (SSSR count). The highest BCUT2D eigenvalue weighted by atomic mass is 35.5. The zero-order valence-corrected chi connectivity index (χ0v) is 20.6. The molecule has 2 aliphatic heterocycles. The van der Waals surface area contributed by atoms with Gasteiger partial charge < -0.3 is 10.2 Å². The number of thiophene rings is 1. The smallest absolute Gasteiger partial charge is 0.252 e. The lowest BCUT2D eigenvalue weighted by Crippen LogP contribution is -2.51. The van der Waals surface area contributed by atoms with E-state index in [1.54, 1.807) is 36.4 Å². The van der Waals surface area contributed by atoms with Crippen molar-refractivity contribution < 1.29 is 18.0 Å². The molecule has 0 unspecified atom stereocenters. The van der Waals surface area contributed by atoms with E-state index in [0.717, 1.165) is 42.1 Å². The molecule has 33 heavy (non-hydrogen) atoms. The maximum atomic E-state index is 13.1. The summed E-state index contributed by atoms with van der Waals surface area (Å²) >= 11 is 7.01. The van der Waals surface area contributed by atoms with Gasteiger partial charge in [0, 0.05) is 54.7 Å². The SMILES string of the molecule is O=C(NCc1ccc(S(=O)(=O)N2CCN(CC(=O)N3CCCC3)CC2)s1)c1ccc(Cl)cc1. The predicted octanol–water partition coefficient (Wildman–Crippen LogP) is 2.26. The average Bonchev–Trinajstić information content (AvgIpc) is 3.51. The fraction of sp³-hybridized carbons (Fsp3) is 0.455. The van der Waals surface area contributed by atoms with Gasteiger partial charge in [-0.15, -0.1) is 11.3 Å². The number of nitrogens with one attached hydrogen (secondary N) is 1. The lowest BCUT2D eigenvalue weighted by Gasteiger charge is -2.34. The first-order valence-corrected chi connectivity index (χ1v) is 13.6. The molecule has 2 fully saturated rings. The molecule has 3 heterocycles. The predicted molar refractivity (Wildman–Crippen MR) is 128 cm³/mol. The number of carbonyl (C=O) groups is 2. The summed E-state index contributed by atoms with van der Waals surface area (Å²) in [7, 11) is -3.60. The summed E-state index contributed by atoms with van der Waals surface area (Å²) in [5.41, 5.74) is 0.491. The van der Waals surface area contributed by atoms with Crippen molar-refractivity contribution >= 4 is 44.8 Å². The number of carbonyl (C=O) groups excluding carboxylic acids is 2. The van der Waals surface area contributed by atoms with Crippen LogP contribution >= 0.6 is 22.9 Å². The van der Waals surface area contributed by atoms with Crippen LogP contribution in [0.3, 0.4) is 0 Å². The summed E-state index contributed by atoms with van der Waals surface area (Å²) in [5.74, 6) is -0.114. The van der Waals surface area contributed by atoms with Gasteiger partial charge in [0.15, 0.2) is 0 Å². The van der Waals surface area contributed by atoms with Crippen LogP contribution in [0.15, 0.2) is 40.6 Å². The minimum atomic E-state index is -3.60. The van der Waals surface area contributed by atoms with Crippen molar-refractivity contribution in [3.63, 3.8) is 0 Å². The number of rotatable bonds is 7. The van der Waals surface area contributed by atoms with Crippen LogP contribution in [0.4, 0.5) is 0 Å². The molecule has 2 aromatic rings. The minimum absolute atomic E-state index is 0.132. The highest BCUT2D eigenvalue weighted by molar-refractivity contribution is 7.91. The molecule has 8 nitrogen and oxygen atoms in total. The third kappa shape index (κ3) is 5.93. The largest absolute Gasteiger partial charge is 0.347 e. The minimum Gasteiger partial charge on any atom is -0.347 e. The molecule has 0 aliphatic carbocycles. The van der Waals surface area contributed by atoms with Crippen molar-refractivity contribution in [2.24, 2.45) is 0 Å². The summed E-state index contributed by atoms with van der Waals surface area (Å²) in [6.45, 7) is 4.04. The maximum Gasteiger partial charge on any atom is 0.252 e. The van der Waals surface area contributed by atoms with Crippen LogP contribution in [0, 0.1) is 0 Å². The molecule has 11 heteroatoms. The number of likely N-dealkylation sites (tertiary alicyclic amines) is 1. The molecular weight excluding hydrogens is 484 g/mol. The van der Waals surface area contributed by atoms with Crippen molar-refractivity contribution in [3.8, 4) is 0 Å². The second-order valence-electron chi connectivity index (χ2n) is 8.18. The highest BCUT2D eigenvalue weighted by Crippen LogP contribution is 2.26. The first kappa shape index (κ1) is 24.2. The van der Waals surface area contributed by atoms with Gasteiger partial charge >= 0.3 is 0 Å². The molecule has 1 N–H and O–H groups in total. The Hall–Kier alpha value is -1.98. The Kier molecular flexibility index (Phi) is 7.70. The van der Waals surface area contributed by atoms with Gasteiger partial charge in [-0.1, -0.05) is 11.6 Å². The lowest BCUT2D eigenvalue weighted by atomic mass is 10.2. The molecule has 2 aliphatic rings. The van der Waals surface area contributed by atoms with Gasteiger partial charge in [-0.2, -0.15) is 4.31 Å². The summed E-state index contributed by atoms with van der Waals surface area (Å²) in [6.07, 6.45) is 2.12. The molecule has 1 aromatic carbocycles. The topological polar surface area (TPSA) is 90.0 Å². The summed E-state index contributed by atoms with van der Waals surface area (Å²) in [6, 6.07) is 9.89. The van der Waals surface area contributed by atoms with Crippen LogP contribution in [-0.4, -0.2) is 80.2 Å². The van der Waals surface area contributed by atoms with E-state index in [4.69, 9.17) is 11.6 Å². The molecule has 1 aromatic heterocycles. The van der Waals surface area contributed by atoms with E-state index in [0.29, 0.717) is 43.3 Å². The van der Waals surface area contributed by atoms with Gasteiger partial charge in [-0.05, 0) is 49.2 Å². The molecule has 2 saturated heterocycles. The number of piperazine rings is 1. The second-order valence-corrected chi connectivity index (χ2v) is 11.9. The van der Waals surface area contributed by atoms with E-state index < -0.39 is 10.0 Å². The van der Waals surface area contributed by atoms with E-state index >= 15 is 0 Å². The lowest BCUT2D eigenvalue weighted by molar-refractivity contribution is -0.131. The van der Waals surface area contributed by atoms with Crippen molar-refractivity contribution in [1.29, 1.82) is 0 Å². The number of benzene rings is 1. The fourth-order valence-corrected chi connectivity index (χ4v) is 6.97. The van der Waals surface area contributed by atoms with E-state index in [1.165, 1.54) is 4.31 Å².